The third kappa shape index (κ3) is 5.55. The second kappa shape index (κ2) is 8.41. The van der Waals surface area contributed by atoms with E-state index in [4.69, 9.17) is 4.74 Å². The molecule has 0 atom stereocenters. The Morgan fingerprint density at radius 1 is 1.43 bits per heavy atom. The van der Waals surface area contributed by atoms with Gasteiger partial charge in [0.15, 0.2) is 19.0 Å². The highest BCUT2D eigenvalue weighted by Gasteiger charge is 2.06. The van der Waals surface area contributed by atoms with E-state index < -0.39 is 0 Å². The summed E-state index contributed by atoms with van der Waals surface area (Å²) in [5.74, 6) is 1.40. The molecule has 2 aromatic rings. The van der Waals surface area contributed by atoms with Gasteiger partial charge >= 0.3 is 0 Å². The molecule has 21 heavy (non-hydrogen) atoms. The van der Waals surface area contributed by atoms with Crippen LogP contribution in [0.25, 0.3) is 0 Å². The summed E-state index contributed by atoms with van der Waals surface area (Å²) in [7, 11) is 0. The van der Waals surface area contributed by atoms with Crippen LogP contribution < -0.4 is 9.30 Å². The maximum atomic E-state index is 11.7. The Morgan fingerprint density at radius 3 is 2.90 bits per heavy atom. The van der Waals surface area contributed by atoms with Gasteiger partial charge in [-0.15, -0.1) is 0 Å². The third-order valence-corrected chi connectivity index (χ3v) is 3.63. The largest absolute Gasteiger partial charge is 0.484 e. The van der Waals surface area contributed by atoms with Crippen molar-refractivity contribution in [3.8, 4) is 5.75 Å². The lowest BCUT2D eigenvalue weighted by atomic mass is 10.4. The van der Waals surface area contributed by atoms with Crippen molar-refractivity contribution in [1.29, 1.82) is 0 Å². The molecule has 1 N–H and O–H groups in total. The minimum Gasteiger partial charge on any atom is -0.484 e. The molecule has 0 aliphatic heterocycles. The molecule has 0 aromatic carbocycles. The van der Waals surface area contributed by atoms with Gasteiger partial charge in [0, 0.05) is 30.7 Å². The molecule has 0 aliphatic carbocycles. The molecule has 6 nitrogen and oxygen atoms in total. The second-order valence-electron chi connectivity index (χ2n) is 4.49. The lowest BCUT2D eigenvalue weighted by Gasteiger charge is -2.04. The Kier molecular flexibility index (Phi) is 6.21. The van der Waals surface area contributed by atoms with Crippen molar-refractivity contribution in [1.82, 2.24) is 15.4 Å². The van der Waals surface area contributed by atoms with Crippen molar-refractivity contribution in [3.05, 3.63) is 36.4 Å². The van der Waals surface area contributed by atoms with E-state index in [1.807, 2.05) is 24.5 Å². The number of H-pyrrole nitrogens is 1. The Balaban J connectivity index is 1.66. The van der Waals surface area contributed by atoms with E-state index >= 15 is 0 Å². The molecule has 0 saturated heterocycles. The van der Waals surface area contributed by atoms with Gasteiger partial charge in [-0.05, 0) is 0 Å². The van der Waals surface area contributed by atoms with Crippen LogP contribution >= 0.6 is 11.8 Å². The molecule has 0 fully saturated rings. The Bertz CT molecular complexity index is 543. The average Bonchev–Trinajstić information content (AvgIpc) is 3.00. The van der Waals surface area contributed by atoms with Crippen molar-refractivity contribution < 1.29 is 14.1 Å². The molecule has 0 radical (unpaired) electrons. The number of pyridine rings is 1. The van der Waals surface area contributed by atoms with Gasteiger partial charge in [-0.3, -0.25) is 4.79 Å². The SMILES string of the molecule is CCC[n+]1ccc(OCC(=O)SCCc2cn[nH]n2)cc1. The Labute approximate surface area is 127 Å². The second-order valence-corrected chi connectivity index (χ2v) is 5.64. The zero-order valence-electron chi connectivity index (χ0n) is 12.0. The maximum Gasteiger partial charge on any atom is 0.226 e. The van der Waals surface area contributed by atoms with Crippen LogP contribution in [0.5, 0.6) is 5.75 Å². The highest BCUT2D eigenvalue weighted by molar-refractivity contribution is 8.13. The number of thioether (sulfide) groups is 1. The number of aromatic nitrogens is 4. The number of ether oxygens (including phenoxy) is 1. The first-order chi connectivity index (χ1) is 10.3. The van der Waals surface area contributed by atoms with Crippen LogP contribution in [-0.2, 0) is 17.8 Å². The number of aromatic amines is 1. The summed E-state index contributed by atoms with van der Waals surface area (Å²) in [6, 6.07) is 3.76. The molecular formula is C14H19N4O2S+. The molecular weight excluding hydrogens is 288 g/mol. The molecule has 0 saturated carbocycles. The van der Waals surface area contributed by atoms with Crippen LogP contribution in [-0.4, -0.2) is 32.9 Å². The molecule has 0 spiro atoms. The number of rotatable bonds is 8. The van der Waals surface area contributed by atoms with Gasteiger partial charge in [0.25, 0.3) is 0 Å². The summed E-state index contributed by atoms with van der Waals surface area (Å²) in [5.41, 5.74) is 0.861. The van der Waals surface area contributed by atoms with Gasteiger partial charge in [-0.1, -0.05) is 18.7 Å². The van der Waals surface area contributed by atoms with Gasteiger partial charge in [-0.2, -0.15) is 15.4 Å². The van der Waals surface area contributed by atoms with Crippen LogP contribution in [0.3, 0.4) is 0 Å². The van der Waals surface area contributed by atoms with Gasteiger partial charge < -0.3 is 4.74 Å². The van der Waals surface area contributed by atoms with E-state index in [1.165, 1.54) is 11.8 Å². The quantitative estimate of drug-likeness (QED) is 0.746. The molecule has 2 rings (SSSR count). The van der Waals surface area contributed by atoms with Crippen molar-refractivity contribution in [3.63, 3.8) is 0 Å². The van der Waals surface area contributed by atoms with Crippen molar-refractivity contribution >= 4 is 16.9 Å². The number of hydrogen-bond acceptors (Lipinski definition) is 5. The predicted molar refractivity (Wildman–Crippen MR) is 80.0 cm³/mol. The lowest BCUT2D eigenvalue weighted by molar-refractivity contribution is -0.697. The zero-order chi connectivity index (χ0) is 14.9. The number of nitrogens with zero attached hydrogens (tertiary/aromatic N) is 3. The summed E-state index contributed by atoms with van der Waals surface area (Å²) >= 11 is 1.25. The smallest absolute Gasteiger partial charge is 0.226 e. The minimum absolute atomic E-state index is 0.0174. The number of carbonyl (C=O) groups is 1. The normalized spacial score (nSPS) is 10.5. The van der Waals surface area contributed by atoms with E-state index in [0.717, 1.165) is 25.1 Å². The summed E-state index contributed by atoms with van der Waals surface area (Å²) in [4.78, 5) is 11.7. The predicted octanol–water partition coefficient (Wildman–Crippen LogP) is 1.38. The zero-order valence-corrected chi connectivity index (χ0v) is 12.8. The minimum atomic E-state index is 0.0174. The number of hydrogen-bond donors (Lipinski definition) is 1. The number of aryl methyl sites for hydroxylation is 2. The Morgan fingerprint density at radius 2 is 2.24 bits per heavy atom. The molecule has 0 bridgehead atoms. The van der Waals surface area contributed by atoms with Gasteiger partial charge in [-0.25, -0.2) is 4.57 Å². The van der Waals surface area contributed by atoms with Crippen molar-refractivity contribution in [2.45, 2.75) is 26.3 Å². The first-order valence-electron chi connectivity index (χ1n) is 6.90. The molecule has 112 valence electrons. The first-order valence-corrected chi connectivity index (χ1v) is 7.88. The van der Waals surface area contributed by atoms with Crippen LogP contribution in [0, 0.1) is 0 Å². The fourth-order valence-electron chi connectivity index (χ4n) is 1.75. The van der Waals surface area contributed by atoms with E-state index in [1.54, 1.807) is 6.20 Å². The van der Waals surface area contributed by atoms with Gasteiger partial charge in [0.2, 0.25) is 5.12 Å². The fourth-order valence-corrected chi connectivity index (χ4v) is 2.43. The summed E-state index contributed by atoms with van der Waals surface area (Å²) in [6.45, 7) is 3.20. The highest BCUT2D eigenvalue weighted by Crippen LogP contribution is 2.10. The molecule has 0 unspecified atom stereocenters. The topological polar surface area (TPSA) is 71.8 Å². The van der Waals surface area contributed by atoms with E-state index in [2.05, 4.69) is 26.9 Å². The molecule has 2 heterocycles. The summed E-state index contributed by atoms with van der Waals surface area (Å²) < 4.78 is 7.56. The number of nitrogens with one attached hydrogen (secondary N) is 1. The first kappa shape index (κ1) is 15.5. The van der Waals surface area contributed by atoms with E-state index in [-0.39, 0.29) is 11.7 Å². The average molecular weight is 307 g/mol. The molecule has 7 heteroatoms. The van der Waals surface area contributed by atoms with Crippen molar-refractivity contribution in [2.24, 2.45) is 0 Å². The van der Waals surface area contributed by atoms with Crippen LogP contribution in [0.2, 0.25) is 0 Å². The van der Waals surface area contributed by atoms with Gasteiger partial charge in [0.1, 0.15) is 12.3 Å². The van der Waals surface area contributed by atoms with E-state index in [0.29, 0.717) is 11.5 Å². The standard InChI is InChI=1S/C14H19N4O2S/c1-2-6-18-7-3-13(4-8-18)20-11-14(19)21-9-5-12-10-15-17-16-12/h3-4,7-8,10H,2,5-6,9,11H2,1H3,(H,15,16,17)/q+1. The fraction of sp³-hybridized carbons (Fsp3) is 0.429. The third-order valence-electron chi connectivity index (χ3n) is 2.79. The van der Waals surface area contributed by atoms with Crippen LogP contribution in [0.15, 0.2) is 30.7 Å². The summed E-state index contributed by atoms with van der Waals surface area (Å²) in [5, 5.41) is 10.2. The van der Waals surface area contributed by atoms with Crippen molar-refractivity contribution in [2.75, 3.05) is 12.4 Å². The Hall–Kier alpha value is -1.89. The molecule has 2 aromatic heterocycles. The highest BCUT2D eigenvalue weighted by atomic mass is 32.2. The van der Waals surface area contributed by atoms with E-state index in [9.17, 15) is 4.79 Å². The van der Waals surface area contributed by atoms with Crippen LogP contribution in [0.4, 0.5) is 0 Å². The molecule has 0 amide bonds. The summed E-state index contributed by atoms with van der Waals surface area (Å²) in [6.07, 6.45) is 7.39. The lowest BCUT2D eigenvalue weighted by Crippen LogP contribution is -2.31. The molecule has 0 aliphatic rings. The number of carbonyl (C=O) groups excluding carboxylic acids is 1. The van der Waals surface area contributed by atoms with Gasteiger partial charge in [0.05, 0.1) is 11.9 Å². The maximum absolute atomic E-state index is 11.7. The monoisotopic (exact) mass is 307 g/mol. The van der Waals surface area contributed by atoms with Crippen LogP contribution in [0.1, 0.15) is 19.0 Å².